The Morgan fingerprint density at radius 2 is 1.96 bits per heavy atom. The third-order valence-electron chi connectivity index (χ3n) is 4.30. The Bertz CT molecular complexity index is 848. The number of nitrogens with one attached hydrogen (secondary N) is 1. The van der Waals surface area contributed by atoms with Crippen LogP contribution in [0.25, 0.3) is 0 Å². The van der Waals surface area contributed by atoms with Crippen LogP contribution in [0.3, 0.4) is 0 Å². The Hall–Kier alpha value is -2.81. The van der Waals surface area contributed by atoms with E-state index in [9.17, 15) is 24.3 Å². The summed E-state index contributed by atoms with van der Waals surface area (Å²) in [5, 5.41) is 11.7. The van der Waals surface area contributed by atoms with Crippen molar-refractivity contribution < 1.29 is 29.0 Å². The molecule has 9 heteroatoms. The summed E-state index contributed by atoms with van der Waals surface area (Å²) >= 11 is 1.32. The number of carbonyl (C=O) groups excluding carboxylic acids is 3. The number of β-lactam (4-membered cyclic amide) rings is 1. The fourth-order valence-corrected chi connectivity index (χ4v) is 4.24. The van der Waals surface area contributed by atoms with Crippen LogP contribution in [0.2, 0.25) is 0 Å². The number of aryl methyl sites for hydroxylation is 1. The molecule has 2 N–H and O–H groups in total. The Balaban J connectivity index is 1.75. The molecule has 0 aliphatic carbocycles. The summed E-state index contributed by atoms with van der Waals surface area (Å²) in [4.78, 5) is 48.6. The normalized spacial score (nSPS) is 21.3. The van der Waals surface area contributed by atoms with Crippen LogP contribution in [0.4, 0.5) is 0 Å². The molecule has 0 saturated carbocycles. The lowest BCUT2D eigenvalue weighted by Gasteiger charge is -2.49. The fraction of sp³-hybridized carbons (Fsp3) is 0.333. The van der Waals surface area contributed by atoms with Crippen molar-refractivity contribution in [1.29, 1.82) is 0 Å². The maximum Gasteiger partial charge on any atom is 0.352 e. The third kappa shape index (κ3) is 3.68. The first-order valence-corrected chi connectivity index (χ1v) is 9.25. The molecule has 0 spiro atoms. The van der Waals surface area contributed by atoms with Crippen molar-refractivity contribution in [3.8, 4) is 0 Å². The van der Waals surface area contributed by atoms with Crippen molar-refractivity contribution >= 4 is 35.5 Å². The van der Waals surface area contributed by atoms with Crippen molar-refractivity contribution in [3.63, 3.8) is 0 Å². The summed E-state index contributed by atoms with van der Waals surface area (Å²) in [6, 6.07) is 6.13. The molecule has 8 nitrogen and oxygen atoms in total. The van der Waals surface area contributed by atoms with Gasteiger partial charge in [-0.25, -0.2) is 4.79 Å². The number of nitrogens with zero attached hydrogens (tertiary/aromatic N) is 1. The van der Waals surface area contributed by atoms with E-state index in [1.165, 1.54) is 18.7 Å². The minimum Gasteiger partial charge on any atom is -0.477 e. The van der Waals surface area contributed by atoms with Gasteiger partial charge >= 0.3 is 11.9 Å². The Labute approximate surface area is 159 Å². The van der Waals surface area contributed by atoms with E-state index in [0.717, 1.165) is 10.5 Å². The van der Waals surface area contributed by atoms with E-state index < -0.39 is 29.3 Å². The maximum atomic E-state index is 12.5. The average Bonchev–Trinajstić information content (AvgIpc) is 2.63. The van der Waals surface area contributed by atoms with Crippen LogP contribution >= 0.6 is 11.8 Å². The number of thioether (sulfide) groups is 1. The summed E-state index contributed by atoms with van der Waals surface area (Å²) < 4.78 is 4.88. The molecule has 0 bridgehead atoms. The highest BCUT2D eigenvalue weighted by Crippen LogP contribution is 2.40. The van der Waals surface area contributed by atoms with Gasteiger partial charge in [0.2, 0.25) is 0 Å². The SMILES string of the molecule is CC(=O)OCC1=C(C(=O)O)N2C(=O)[C@H](NC(=O)c3ccc(C)cc3)[C@@H]2SC1. The van der Waals surface area contributed by atoms with Gasteiger partial charge in [0.15, 0.2) is 0 Å². The van der Waals surface area contributed by atoms with Gasteiger partial charge in [0.25, 0.3) is 11.8 Å². The summed E-state index contributed by atoms with van der Waals surface area (Å²) in [6.07, 6.45) is 0. The van der Waals surface area contributed by atoms with Gasteiger partial charge in [-0.05, 0) is 19.1 Å². The number of ether oxygens (including phenoxy) is 1. The molecule has 0 unspecified atom stereocenters. The Morgan fingerprint density at radius 3 is 2.56 bits per heavy atom. The van der Waals surface area contributed by atoms with Gasteiger partial charge in [-0.15, -0.1) is 11.8 Å². The van der Waals surface area contributed by atoms with E-state index >= 15 is 0 Å². The molecule has 2 heterocycles. The summed E-state index contributed by atoms with van der Waals surface area (Å²) in [7, 11) is 0. The molecule has 1 aromatic carbocycles. The molecular weight excluding hydrogens is 372 g/mol. The number of carbonyl (C=O) groups is 4. The molecular formula is C18H18N2O6S. The van der Waals surface area contributed by atoms with Crippen molar-refractivity contribution in [1.82, 2.24) is 10.2 Å². The number of hydrogen-bond donors (Lipinski definition) is 2. The number of aliphatic carboxylic acids is 1. The van der Waals surface area contributed by atoms with E-state index in [4.69, 9.17) is 4.74 Å². The first-order valence-electron chi connectivity index (χ1n) is 8.20. The quantitative estimate of drug-likeness (QED) is 0.567. The average molecular weight is 390 g/mol. The molecule has 0 radical (unpaired) electrons. The Morgan fingerprint density at radius 1 is 1.30 bits per heavy atom. The number of esters is 1. The number of rotatable bonds is 5. The van der Waals surface area contributed by atoms with Crippen LogP contribution in [-0.4, -0.2) is 57.5 Å². The lowest BCUT2D eigenvalue weighted by Crippen LogP contribution is -2.70. The lowest BCUT2D eigenvalue weighted by atomic mass is 10.0. The van der Waals surface area contributed by atoms with E-state index in [1.807, 2.05) is 6.92 Å². The van der Waals surface area contributed by atoms with Crippen LogP contribution in [0.5, 0.6) is 0 Å². The zero-order valence-corrected chi connectivity index (χ0v) is 15.5. The molecule has 0 aromatic heterocycles. The minimum absolute atomic E-state index is 0.175. The standard InChI is InChI=1S/C18H18N2O6S/c1-9-3-5-11(6-4-9)15(22)19-13-16(23)20-14(18(24)25)12(7-26-10(2)21)8-27-17(13)20/h3-6,13,17H,7-8H2,1-2H3,(H,19,22)(H,24,25)/t13-,17-/m0/s1. The van der Waals surface area contributed by atoms with Crippen LogP contribution < -0.4 is 5.32 Å². The van der Waals surface area contributed by atoms with Gasteiger partial charge in [-0.1, -0.05) is 17.7 Å². The second-order valence-electron chi connectivity index (χ2n) is 6.26. The highest BCUT2D eigenvalue weighted by Gasteiger charge is 2.54. The second kappa shape index (κ2) is 7.43. The monoisotopic (exact) mass is 390 g/mol. The molecule has 2 aliphatic heterocycles. The topological polar surface area (TPSA) is 113 Å². The fourth-order valence-electron chi connectivity index (χ4n) is 2.91. The van der Waals surface area contributed by atoms with Crippen molar-refractivity contribution in [2.75, 3.05) is 12.4 Å². The Kier molecular flexibility index (Phi) is 5.22. The molecule has 142 valence electrons. The van der Waals surface area contributed by atoms with Gasteiger partial charge in [0, 0.05) is 23.8 Å². The van der Waals surface area contributed by atoms with E-state index in [1.54, 1.807) is 24.3 Å². The number of carboxylic acid groups (broad SMARTS) is 1. The molecule has 2 atom stereocenters. The molecule has 1 aromatic rings. The van der Waals surface area contributed by atoms with Crippen molar-refractivity contribution in [2.24, 2.45) is 0 Å². The number of fused-ring (bicyclic) bond motifs is 1. The predicted molar refractivity (Wildman–Crippen MR) is 96.8 cm³/mol. The first-order chi connectivity index (χ1) is 12.8. The molecule has 3 rings (SSSR count). The first kappa shape index (κ1) is 19.0. The summed E-state index contributed by atoms with van der Waals surface area (Å²) in [5.74, 6) is -2.39. The third-order valence-corrected chi connectivity index (χ3v) is 5.64. The highest BCUT2D eigenvalue weighted by atomic mass is 32.2. The number of amides is 2. The second-order valence-corrected chi connectivity index (χ2v) is 7.37. The molecule has 2 amide bonds. The zero-order chi connectivity index (χ0) is 19.7. The van der Waals surface area contributed by atoms with E-state index in [0.29, 0.717) is 16.9 Å². The van der Waals surface area contributed by atoms with Gasteiger partial charge in [-0.3, -0.25) is 19.3 Å². The van der Waals surface area contributed by atoms with Crippen LogP contribution in [0.1, 0.15) is 22.8 Å². The van der Waals surface area contributed by atoms with Gasteiger partial charge in [0.1, 0.15) is 23.7 Å². The van der Waals surface area contributed by atoms with Crippen molar-refractivity contribution in [2.45, 2.75) is 25.3 Å². The van der Waals surface area contributed by atoms with E-state index in [2.05, 4.69) is 5.32 Å². The summed E-state index contributed by atoms with van der Waals surface area (Å²) in [6.45, 7) is 2.95. The number of hydrogen-bond acceptors (Lipinski definition) is 6. The minimum atomic E-state index is -1.26. The molecule has 2 aliphatic rings. The van der Waals surface area contributed by atoms with E-state index in [-0.39, 0.29) is 18.2 Å². The zero-order valence-electron chi connectivity index (χ0n) is 14.7. The molecule has 1 fully saturated rings. The largest absolute Gasteiger partial charge is 0.477 e. The summed E-state index contributed by atoms with van der Waals surface area (Å²) in [5.41, 5.74) is 1.62. The maximum absolute atomic E-state index is 12.5. The predicted octanol–water partition coefficient (Wildman–Crippen LogP) is 0.910. The number of benzene rings is 1. The lowest BCUT2D eigenvalue weighted by molar-refractivity contribution is -0.149. The van der Waals surface area contributed by atoms with Crippen molar-refractivity contribution in [3.05, 3.63) is 46.7 Å². The smallest absolute Gasteiger partial charge is 0.352 e. The highest BCUT2D eigenvalue weighted by molar-refractivity contribution is 8.00. The number of carboxylic acids is 1. The van der Waals surface area contributed by atoms with Crippen LogP contribution in [0, 0.1) is 6.92 Å². The van der Waals surface area contributed by atoms with Crippen LogP contribution in [0.15, 0.2) is 35.5 Å². The molecule has 1 saturated heterocycles. The van der Waals surface area contributed by atoms with Gasteiger partial charge in [-0.2, -0.15) is 0 Å². The van der Waals surface area contributed by atoms with Gasteiger partial charge in [0.05, 0.1) is 0 Å². The van der Waals surface area contributed by atoms with Gasteiger partial charge < -0.3 is 15.2 Å². The molecule has 27 heavy (non-hydrogen) atoms. The van der Waals surface area contributed by atoms with Crippen LogP contribution in [-0.2, 0) is 19.1 Å².